The van der Waals surface area contributed by atoms with Crippen molar-refractivity contribution in [2.75, 3.05) is 66.6 Å². The molecule has 12 nitrogen and oxygen atoms in total. The molecule has 3 amide bonds. The number of halogens is 2. The number of amidine groups is 1. The van der Waals surface area contributed by atoms with Crippen LogP contribution in [-0.2, 0) is 14.8 Å². The molecular weight excluding hydrogens is 763 g/mol. The highest BCUT2D eigenvalue weighted by Crippen LogP contribution is 2.47. The molecule has 0 aromatic heterocycles. The number of rotatable bonds is 11. The van der Waals surface area contributed by atoms with Gasteiger partial charge in [-0.25, -0.2) is 13.2 Å². The molecule has 296 valence electrons. The molecule has 3 aliphatic rings. The Labute approximate surface area is 334 Å². The number of ether oxygens (including phenoxy) is 2. The fourth-order valence-electron chi connectivity index (χ4n) is 7.29. The SMILES string of the molecule is CCOc1cc(OC)c(S(=O)(=O)N2CCCCC2)cc1C1=N[C@@H](c2ccc(Cl)cc2)[C@@H](c2ccc(Cl)cc2)N1C(=O)N1CCN(CC(=O)N(C)C(C)C)CC1. The summed E-state index contributed by atoms with van der Waals surface area (Å²) in [6.45, 7) is 8.87. The predicted molar refractivity (Wildman–Crippen MR) is 215 cm³/mol. The molecule has 3 aromatic rings. The van der Waals surface area contributed by atoms with Gasteiger partial charge in [0.15, 0.2) is 0 Å². The molecule has 3 aromatic carbocycles. The van der Waals surface area contributed by atoms with E-state index in [0.29, 0.717) is 60.6 Å². The van der Waals surface area contributed by atoms with E-state index in [1.165, 1.54) is 11.4 Å². The number of carbonyl (C=O) groups is 2. The highest BCUT2D eigenvalue weighted by molar-refractivity contribution is 7.89. The molecule has 0 unspecified atom stereocenters. The summed E-state index contributed by atoms with van der Waals surface area (Å²) in [5, 5.41) is 1.10. The van der Waals surface area contributed by atoms with Crippen molar-refractivity contribution in [1.82, 2.24) is 23.9 Å². The predicted octanol–water partition coefficient (Wildman–Crippen LogP) is 6.72. The van der Waals surface area contributed by atoms with Crippen molar-refractivity contribution in [3.8, 4) is 11.5 Å². The number of amides is 3. The molecule has 55 heavy (non-hydrogen) atoms. The molecule has 0 spiro atoms. The van der Waals surface area contributed by atoms with Gasteiger partial charge in [-0.1, -0.05) is 53.9 Å². The minimum Gasteiger partial charge on any atom is -0.495 e. The Balaban J connectivity index is 1.48. The number of carbonyl (C=O) groups excluding carboxylic acids is 2. The molecule has 0 aliphatic carbocycles. The van der Waals surface area contributed by atoms with Crippen LogP contribution in [0.1, 0.15) is 68.8 Å². The van der Waals surface area contributed by atoms with Crippen LogP contribution in [0.15, 0.2) is 70.6 Å². The summed E-state index contributed by atoms with van der Waals surface area (Å²) < 4.78 is 42.0. The zero-order valence-electron chi connectivity index (χ0n) is 32.1. The van der Waals surface area contributed by atoms with E-state index in [9.17, 15) is 13.2 Å². The molecule has 6 rings (SSSR count). The highest BCUT2D eigenvalue weighted by Gasteiger charge is 2.46. The minimum atomic E-state index is -4.00. The maximum Gasteiger partial charge on any atom is 0.326 e. The van der Waals surface area contributed by atoms with E-state index in [2.05, 4.69) is 4.90 Å². The fraction of sp³-hybridized carbons (Fsp3) is 0.475. The van der Waals surface area contributed by atoms with Gasteiger partial charge in [0.2, 0.25) is 15.9 Å². The van der Waals surface area contributed by atoms with Gasteiger partial charge in [0.1, 0.15) is 28.3 Å². The van der Waals surface area contributed by atoms with Crippen LogP contribution in [0.25, 0.3) is 0 Å². The van der Waals surface area contributed by atoms with Gasteiger partial charge < -0.3 is 19.3 Å². The van der Waals surface area contributed by atoms with Gasteiger partial charge in [-0.3, -0.25) is 19.6 Å². The third-order valence-electron chi connectivity index (χ3n) is 10.6. The van der Waals surface area contributed by atoms with Crippen LogP contribution >= 0.6 is 23.2 Å². The van der Waals surface area contributed by atoms with Gasteiger partial charge in [0, 0.05) is 68.5 Å². The zero-order valence-corrected chi connectivity index (χ0v) is 34.4. The minimum absolute atomic E-state index is 0.0203. The molecule has 2 fully saturated rings. The lowest BCUT2D eigenvalue weighted by atomic mass is 9.93. The lowest BCUT2D eigenvalue weighted by Crippen LogP contribution is -2.55. The van der Waals surface area contributed by atoms with Crippen LogP contribution in [0.3, 0.4) is 0 Å². The third-order valence-corrected chi connectivity index (χ3v) is 13.0. The molecule has 0 radical (unpaired) electrons. The number of likely N-dealkylation sites (N-methyl/N-ethyl adjacent to an activating group) is 1. The summed E-state index contributed by atoms with van der Waals surface area (Å²) in [5.74, 6) is 0.766. The number of nitrogens with zero attached hydrogens (tertiary/aromatic N) is 6. The van der Waals surface area contributed by atoms with Crippen molar-refractivity contribution in [3.63, 3.8) is 0 Å². The summed E-state index contributed by atoms with van der Waals surface area (Å²) in [4.78, 5) is 40.6. The number of benzene rings is 3. The second-order valence-electron chi connectivity index (χ2n) is 14.4. The smallest absolute Gasteiger partial charge is 0.326 e. The van der Waals surface area contributed by atoms with E-state index in [-0.39, 0.29) is 47.6 Å². The van der Waals surface area contributed by atoms with E-state index < -0.39 is 22.1 Å². The number of piperidine rings is 1. The summed E-state index contributed by atoms with van der Waals surface area (Å²) in [5.41, 5.74) is 1.94. The van der Waals surface area contributed by atoms with Crippen LogP contribution in [0, 0.1) is 0 Å². The standard InChI is InChI=1S/C40H50Cl2N6O6S/c1-6-54-33-25-34(53-5)35(55(51,52)47-18-8-7-9-19-47)24-32(33)39-43-37(28-10-14-30(41)15-11-28)38(29-12-16-31(42)17-13-29)48(39)40(50)46-22-20-45(21-23-46)26-36(49)44(4)27(2)3/h10-17,24-25,27,37-38H,6-9,18-23,26H2,1-5H3/t37-,38+/m0/s1. The first-order valence-electron chi connectivity index (χ1n) is 18.8. The Morgan fingerprint density at radius 1 is 0.873 bits per heavy atom. The summed E-state index contributed by atoms with van der Waals surface area (Å²) in [6.07, 6.45) is 2.49. The molecule has 2 saturated heterocycles. The van der Waals surface area contributed by atoms with Crippen LogP contribution in [0.2, 0.25) is 10.0 Å². The molecule has 2 atom stereocenters. The number of methoxy groups -OCH3 is 1. The summed E-state index contributed by atoms with van der Waals surface area (Å²) in [6, 6.07) is 16.3. The van der Waals surface area contributed by atoms with Crippen molar-refractivity contribution < 1.29 is 27.5 Å². The number of aliphatic imine (C=N–C) groups is 1. The molecule has 0 saturated carbocycles. The van der Waals surface area contributed by atoms with E-state index in [1.54, 1.807) is 58.1 Å². The third kappa shape index (κ3) is 8.76. The largest absolute Gasteiger partial charge is 0.495 e. The van der Waals surface area contributed by atoms with Crippen molar-refractivity contribution in [3.05, 3.63) is 87.4 Å². The fourth-order valence-corrected chi connectivity index (χ4v) is 9.22. The van der Waals surface area contributed by atoms with E-state index in [4.69, 9.17) is 37.7 Å². The average molecular weight is 814 g/mol. The quantitative estimate of drug-likeness (QED) is 0.211. The van der Waals surface area contributed by atoms with Gasteiger partial charge in [0.05, 0.1) is 31.9 Å². The van der Waals surface area contributed by atoms with Gasteiger partial charge >= 0.3 is 6.03 Å². The van der Waals surface area contributed by atoms with Crippen molar-refractivity contribution in [2.45, 2.75) is 63.1 Å². The Morgan fingerprint density at radius 3 is 2.04 bits per heavy atom. The Morgan fingerprint density at radius 2 is 1.47 bits per heavy atom. The maximum absolute atomic E-state index is 15.2. The number of sulfonamides is 1. The average Bonchev–Trinajstić information content (AvgIpc) is 3.58. The second-order valence-corrected chi connectivity index (χ2v) is 17.1. The first kappa shape index (κ1) is 40.8. The first-order valence-corrected chi connectivity index (χ1v) is 21.0. The topological polar surface area (TPSA) is 115 Å². The Kier molecular flexibility index (Phi) is 13.0. The normalized spacial score (nSPS) is 19.7. The molecule has 3 aliphatic heterocycles. The van der Waals surface area contributed by atoms with Crippen LogP contribution in [0.5, 0.6) is 11.5 Å². The molecule has 0 N–H and O–H groups in total. The summed E-state index contributed by atoms with van der Waals surface area (Å²) in [7, 11) is -0.763. The number of hydrogen-bond donors (Lipinski definition) is 0. The van der Waals surface area contributed by atoms with Gasteiger partial charge in [-0.2, -0.15) is 4.31 Å². The second kappa shape index (κ2) is 17.5. The molecule has 0 bridgehead atoms. The molecular formula is C40H50Cl2N6O6S. The Hall–Kier alpha value is -3.88. The van der Waals surface area contributed by atoms with Crippen LogP contribution in [0.4, 0.5) is 4.79 Å². The lowest BCUT2D eigenvalue weighted by Gasteiger charge is -2.39. The highest BCUT2D eigenvalue weighted by atomic mass is 35.5. The first-order chi connectivity index (χ1) is 26.3. The van der Waals surface area contributed by atoms with E-state index >= 15 is 4.79 Å². The van der Waals surface area contributed by atoms with Crippen molar-refractivity contribution in [1.29, 1.82) is 0 Å². The van der Waals surface area contributed by atoms with Crippen LogP contribution in [-0.4, -0.2) is 123 Å². The Bertz CT molecular complexity index is 1980. The lowest BCUT2D eigenvalue weighted by molar-refractivity contribution is -0.132. The number of urea groups is 1. The monoisotopic (exact) mass is 812 g/mol. The maximum atomic E-state index is 15.2. The van der Waals surface area contributed by atoms with E-state index in [0.717, 1.165) is 30.4 Å². The van der Waals surface area contributed by atoms with E-state index in [1.807, 2.05) is 45.0 Å². The number of piperazine rings is 1. The zero-order chi connectivity index (χ0) is 39.4. The van der Waals surface area contributed by atoms with Gasteiger partial charge in [-0.15, -0.1) is 0 Å². The number of hydrogen-bond acceptors (Lipinski definition) is 8. The van der Waals surface area contributed by atoms with Gasteiger partial charge in [0.25, 0.3) is 0 Å². The molecule has 3 heterocycles. The molecule has 15 heteroatoms. The van der Waals surface area contributed by atoms with Crippen LogP contribution < -0.4 is 9.47 Å². The van der Waals surface area contributed by atoms with Gasteiger partial charge in [-0.05, 0) is 75.1 Å². The van der Waals surface area contributed by atoms with Crippen molar-refractivity contribution in [2.24, 2.45) is 4.99 Å². The summed E-state index contributed by atoms with van der Waals surface area (Å²) >= 11 is 12.7. The van der Waals surface area contributed by atoms with Crippen molar-refractivity contribution >= 4 is 51.0 Å².